The molecule has 2 unspecified atom stereocenters. The predicted molar refractivity (Wildman–Crippen MR) is 85.3 cm³/mol. The first-order chi connectivity index (χ1) is 12.3. The minimum absolute atomic E-state index is 0.103. The molecule has 7 N–H and O–H groups in total. The minimum atomic E-state index is -1.66. The molecule has 10 heteroatoms. The zero-order chi connectivity index (χ0) is 19.4. The number of rotatable bonds is 7. The van der Waals surface area contributed by atoms with Crippen molar-refractivity contribution in [1.29, 1.82) is 0 Å². The Labute approximate surface area is 149 Å². The van der Waals surface area contributed by atoms with E-state index >= 15 is 0 Å². The van der Waals surface area contributed by atoms with Crippen LogP contribution in [0.1, 0.15) is 11.7 Å². The van der Waals surface area contributed by atoms with Gasteiger partial charge in [-0.15, -0.1) is 0 Å². The predicted octanol–water partition coefficient (Wildman–Crippen LogP) is -2.39. The number of aliphatic hydroxyl groups is 6. The fraction of sp³-hybridized carbons (Fsp3) is 0.625. The van der Waals surface area contributed by atoms with Gasteiger partial charge in [0.2, 0.25) is 0 Å². The summed E-state index contributed by atoms with van der Waals surface area (Å²) < 4.78 is 15.5. The Balaban J connectivity index is 2.15. The van der Waals surface area contributed by atoms with Crippen LogP contribution in [-0.4, -0.2) is 92.9 Å². The van der Waals surface area contributed by atoms with E-state index in [-0.39, 0.29) is 17.1 Å². The van der Waals surface area contributed by atoms with Gasteiger partial charge in [-0.05, 0) is 17.7 Å². The summed E-state index contributed by atoms with van der Waals surface area (Å²) in [6.07, 6.45) is -10.2. The molecule has 1 saturated heterocycles. The van der Waals surface area contributed by atoms with Crippen molar-refractivity contribution < 1.29 is 50.0 Å². The Kier molecular flexibility index (Phi) is 7.15. The summed E-state index contributed by atoms with van der Waals surface area (Å²) in [6, 6.07) is 4.03. The number of aromatic hydroxyl groups is 1. The van der Waals surface area contributed by atoms with Crippen LogP contribution in [0.3, 0.4) is 0 Å². The van der Waals surface area contributed by atoms with Crippen LogP contribution in [-0.2, 0) is 9.47 Å². The van der Waals surface area contributed by atoms with E-state index in [0.29, 0.717) is 0 Å². The van der Waals surface area contributed by atoms with Gasteiger partial charge < -0.3 is 50.0 Å². The van der Waals surface area contributed by atoms with Crippen LogP contribution in [0.15, 0.2) is 18.2 Å². The van der Waals surface area contributed by atoms with E-state index in [1.165, 1.54) is 25.3 Å². The molecule has 148 valence electrons. The van der Waals surface area contributed by atoms with Crippen LogP contribution in [0, 0.1) is 0 Å². The highest BCUT2D eigenvalue weighted by molar-refractivity contribution is 5.42. The second-order valence-electron chi connectivity index (χ2n) is 5.93. The van der Waals surface area contributed by atoms with E-state index in [1.54, 1.807) is 0 Å². The summed E-state index contributed by atoms with van der Waals surface area (Å²) >= 11 is 0. The molecule has 26 heavy (non-hydrogen) atoms. The van der Waals surface area contributed by atoms with Crippen molar-refractivity contribution in [3.63, 3.8) is 0 Å². The van der Waals surface area contributed by atoms with Gasteiger partial charge in [0.25, 0.3) is 0 Å². The number of benzene rings is 1. The lowest BCUT2D eigenvalue weighted by atomic mass is 9.99. The third kappa shape index (κ3) is 4.24. The Bertz CT molecular complexity index is 580. The highest BCUT2D eigenvalue weighted by Crippen LogP contribution is 2.32. The molecule has 0 bridgehead atoms. The summed E-state index contributed by atoms with van der Waals surface area (Å²) in [5.41, 5.74) is 0.253. The van der Waals surface area contributed by atoms with E-state index in [0.717, 1.165) is 0 Å². The van der Waals surface area contributed by atoms with Crippen molar-refractivity contribution in [1.82, 2.24) is 0 Å². The zero-order valence-electron chi connectivity index (χ0n) is 14.0. The molecule has 0 spiro atoms. The van der Waals surface area contributed by atoms with Crippen LogP contribution in [0.5, 0.6) is 11.5 Å². The molecule has 2 rings (SSSR count). The summed E-state index contributed by atoms with van der Waals surface area (Å²) in [6.45, 7) is -1.30. The minimum Gasteiger partial charge on any atom is -0.504 e. The lowest BCUT2D eigenvalue weighted by Gasteiger charge is -2.41. The lowest BCUT2D eigenvalue weighted by molar-refractivity contribution is -0.319. The van der Waals surface area contributed by atoms with Crippen molar-refractivity contribution in [3.05, 3.63) is 23.8 Å². The zero-order valence-corrected chi connectivity index (χ0v) is 14.0. The number of ether oxygens (including phenoxy) is 3. The smallest absolute Gasteiger partial charge is 0.187 e. The van der Waals surface area contributed by atoms with Gasteiger partial charge in [-0.2, -0.15) is 0 Å². The van der Waals surface area contributed by atoms with Crippen LogP contribution in [0.25, 0.3) is 0 Å². The van der Waals surface area contributed by atoms with E-state index in [9.17, 15) is 35.7 Å². The van der Waals surface area contributed by atoms with Crippen molar-refractivity contribution >= 4 is 0 Å². The molecule has 1 heterocycles. The van der Waals surface area contributed by atoms with E-state index < -0.39 is 56.1 Å². The first kappa shape index (κ1) is 20.8. The monoisotopic (exact) mass is 376 g/mol. The number of hydrogen-bond donors (Lipinski definition) is 7. The van der Waals surface area contributed by atoms with Crippen LogP contribution in [0.4, 0.5) is 0 Å². The quantitative estimate of drug-likeness (QED) is 0.272. The number of phenolic OH excluding ortho intramolecular Hbond substituents is 1. The molecular weight excluding hydrogens is 352 g/mol. The average Bonchev–Trinajstić information content (AvgIpc) is 2.65. The molecule has 7 atom stereocenters. The van der Waals surface area contributed by atoms with Gasteiger partial charge in [0.1, 0.15) is 36.6 Å². The van der Waals surface area contributed by atoms with Gasteiger partial charge in [0.15, 0.2) is 17.8 Å². The van der Waals surface area contributed by atoms with E-state index in [4.69, 9.17) is 14.2 Å². The van der Waals surface area contributed by atoms with E-state index in [2.05, 4.69) is 0 Å². The number of aliphatic hydroxyl groups excluding tert-OH is 6. The topological polar surface area (TPSA) is 169 Å². The molecule has 10 nitrogen and oxygen atoms in total. The fourth-order valence-corrected chi connectivity index (χ4v) is 2.66. The third-order valence-corrected chi connectivity index (χ3v) is 4.23. The van der Waals surface area contributed by atoms with Crippen molar-refractivity contribution in [2.75, 3.05) is 20.3 Å². The summed E-state index contributed by atoms with van der Waals surface area (Å²) in [5.74, 6) is -0.0371. The molecule has 0 radical (unpaired) electrons. The second-order valence-corrected chi connectivity index (χ2v) is 5.93. The molecule has 0 aliphatic carbocycles. The van der Waals surface area contributed by atoms with Gasteiger partial charge in [0.05, 0.1) is 20.3 Å². The standard InChI is InChI=1S/C16H24O10/c1-24-9-4-7(2-3-8(9)19)12(20)10(5-17)25-16-15(23)14(22)13(21)11(6-18)26-16/h2-4,10-23H,5-6H2,1H3/t10?,11-,12?,13-,14+,15-,16-/m1/s1. The van der Waals surface area contributed by atoms with Crippen molar-refractivity contribution in [2.24, 2.45) is 0 Å². The highest BCUT2D eigenvalue weighted by Gasteiger charge is 2.45. The van der Waals surface area contributed by atoms with Crippen molar-refractivity contribution in [3.8, 4) is 11.5 Å². The highest BCUT2D eigenvalue weighted by atomic mass is 16.7. The Morgan fingerprint density at radius 1 is 1.12 bits per heavy atom. The normalized spacial score (nSPS) is 31.4. The molecule has 1 aliphatic heterocycles. The number of methoxy groups -OCH3 is 1. The maximum absolute atomic E-state index is 10.4. The van der Waals surface area contributed by atoms with Crippen LogP contribution >= 0.6 is 0 Å². The van der Waals surface area contributed by atoms with Gasteiger partial charge in [-0.3, -0.25) is 0 Å². The molecule has 0 saturated carbocycles. The number of hydrogen-bond acceptors (Lipinski definition) is 10. The lowest BCUT2D eigenvalue weighted by Crippen LogP contribution is -2.60. The van der Waals surface area contributed by atoms with Crippen LogP contribution < -0.4 is 4.74 Å². The number of phenols is 1. The first-order valence-electron chi connectivity index (χ1n) is 7.95. The fourth-order valence-electron chi connectivity index (χ4n) is 2.66. The Morgan fingerprint density at radius 2 is 1.81 bits per heavy atom. The van der Waals surface area contributed by atoms with Gasteiger partial charge in [0, 0.05) is 0 Å². The Morgan fingerprint density at radius 3 is 2.38 bits per heavy atom. The molecule has 0 amide bonds. The maximum atomic E-state index is 10.4. The molecule has 0 aromatic heterocycles. The van der Waals surface area contributed by atoms with Gasteiger partial charge in [-0.25, -0.2) is 0 Å². The summed E-state index contributed by atoms with van der Waals surface area (Å²) in [4.78, 5) is 0. The van der Waals surface area contributed by atoms with E-state index in [1.807, 2.05) is 0 Å². The van der Waals surface area contributed by atoms with Gasteiger partial charge in [-0.1, -0.05) is 6.07 Å². The summed E-state index contributed by atoms with van der Waals surface area (Å²) in [7, 11) is 1.33. The SMILES string of the molecule is COc1cc(C(O)C(CO)O[C@@H]2O[C@H](CO)[C@@H](O)[C@H](O)[C@H]2O)ccc1O. The van der Waals surface area contributed by atoms with Crippen molar-refractivity contribution in [2.45, 2.75) is 42.9 Å². The molecule has 1 aromatic carbocycles. The third-order valence-electron chi connectivity index (χ3n) is 4.23. The Hall–Kier alpha value is -1.50. The van der Waals surface area contributed by atoms with Crippen LogP contribution in [0.2, 0.25) is 0 Å². The first-order valence-corrected chi connectivity index (χ1v) is 7.95. The maximum Gasteiger partial charge on any atom is 0.187 e. The summed E-state index contributed by atoms with van der Waals surface area (Å²) in [5, 5.41) is 68.2. The molecule has 1 aromatic rings. The largest absolute Gasteiger partial charge is 0.504 e. The average molecular weight is 376 g/mol. The second kappa shape index (κ2) is 8.93. The van der Waals surface area contributed by atoms with Gasteiger partial charge >= 0.3 is 0 Å². The molecule has 1 aliphatic rings. The molecule has 1 fully saturated rings. The molecular formula is C16H24O10.